The van der Waals surface area contributed by atoms with E-state index in [9.17, 15) is 9.59 Å². The Morgan fingerprint density at radius 3 is 2.66 bits per heavy atom. The fourth-order valence-electron chi connectivity index (χ4n) is 3.13. The number of likely N-dealkylation sites (N-methyl/N-ethyl adjacent to an activating group) is 1. The van der Waals surface area contributed by atoms with Crippen LogP contribution < -0.4 is 14.8 Å². The molecular formula is C21H21N3O4S. The molecule has 0 saturated heterocycles. The molecule has 0 fully saturated rings. The van der Waals surface area contributed by atoms with E-state index in [1.807, 2.05) is 47.5 Å². The lowest BCUT2D eigenvalue weighted by Gasteiger charge is -2.21. The first-order valence-corrected chi connectivity index (χ1v) is 10.2. The van der Waals surface area contributed by atoms with Gasteiger partial charge in [-0.2, -0.15) is 0 Å². The van der Waals surface area contributed by atoms with Gasteiger partial charge in [0.1, 0.15) is 24.6 Å². The van der Waals surface area contributed by atoms with Crippen LogP contribution in [0.15, 0.2) is 54.2 Å². The normalized spacial score (nSPS) is 12.4. The van der Waals surface area contributed by atoms with Crippen molar-refractivity contribution in [2.45, 2.75) is 6.92 Å². The maximum atomic E-state index is 13.0. The summed E-state index contributed by atoms with van der Waals surface area (Å²) in [7, 11) is 0. The molecule has 29 heavy (non-hydrogen) atoms. The number of benzene rings is 1. The smallest absolute Gasteiger partial charge is 0.266 e. The topological polar surface area (TPSA) is 72.8 Å². The number of rotatable bonds is 6. The standard InChI is InChI=1S/C21H21N3O4S/c1-2-23(21(26)20-16(7-12-29-20)24-8-3-4-9-24)14-19(25)22-15-5-6-17-18(13-15)28-11-10-27-17/h3-9,12-13H,2,10-11,14H2,1H3,(H,22,25). The Balaban J connectivity index is 1.44. The zero-order valence-corrected chi connectivity index (χ0v) is 16.8. The summed E-state index contributed by atoms with van der Waals surface area (Å²) in [4.78, 5) is 27.7. The number of carbonyl (C=O) groups excluding carboxylic acids is 2. The van der Waals surface area contributed by atoms with Gasteiger partial charge in [-0.3, -0.25) is 9.59 Å². The quantitative estimate of drug-likeness (QED) is 0.675. The highest BCUT2D eigenvalue weighted by Gasteiger charge is 2.22. The van der Waals surface area contributed by atoms with Crippen LogP contribution in [0.4, 0.5) is 5.69 Å². The fraction of sp³-hybridized carbons (Fsp3) is 0.238. The summed E-state index contributed by atoms with van der Waals surface area (Å²) < 4.78 is 12.9. The molecule has 0 saturated carbocycles. The number of aromatic nitrogens is 1. The predicted molar refractivity (Wildman–Crippen MR) is 111 cm³/mol. The van der Waals surface area contributed by atoms with Gasteiger partial charge < -0.3 is 24.3 Å². The molecule has 1 aliphatic heterocycles. The van der Waals surface area contributed by atoms with Crippen molar-refractivity contribution in [3.8, 4) is 17.2 Å². The molecule has 8 heteroatoms. The minimum absolute atomic E-state index is 0.0349. The molecule has 1 aromatic carbocycles. The summed E-state index contributed by atoms with van der Waals surface area (Å²) in [5.41, 5.74) is 1.42. The zero-order chi connectivity index (χ0) is 20.2. The number of thiophene rings is 1. The molecule has 1 N–H and O–H groups in total. The first kappa shape index (κ1) is 19.1. The van der Waals surface area contributed by atoms with E-state index in [4.69, 9.17) is 9.47 Å². The van der Waals surface area contributed by atoms with Gasteiger partial charge >= 0.3 is 0 Å². The van der Waals surface area contributed by atoms with Crippen molar-refractivity contribution < 1.29 is 19.1 Å². The number of anilines is 1. The van der Waals surface area contributed by atoms with Crippen molar-refractivity contribution >= 4 is 28.8 Å². The minimum Gasteiger partial charge on any atom is -0.486 e. The number of fused-ring (bicyclic) bond motifs is 1. The van der Waals surface area contributed by atoms with Crippen molar-refractivity contribution in [1.82, 2.24) is 9.47 Å². The van der Waals surface area contributed by atoms with Crippen LogP contribution in [0.5, 0.6) is 11.5 Å². The minimum atomic E-state index is -0.268. The molecule has 0 radical (unpaired) electrons. The zero-order valence-electron chi connectivity index (χ0n) is 16.0. The molecule has 7 nitrogen and oxygen atoms in total. The van der Waals surface area contributed by atoms with Crippen LogP contribution in [0, 0.1) is 0 Å². The lowest BCUT2D eigenvalue weighted by Crippen LogP contribution is -2.37. The van der Waals surface area contributed by atoms with Crippen LogP contribution in [0.3, 0.4) is 0 Å². The van der Waals surface area contributed by atoms with Crippen LogP contribution in [-0.2, 0) is 4.79 Å². The van der Waals surface area contributed by atoms with Crippen LogP contribution in [0.1, 0.15) is 16.6 Å². The molecule has 3 aromatic rings. The van der Waals surface area contributed by atoms with E-state index in [1.54, 1.807) is 18.2 Å². The molecule has 2 aromatic heterocycles. The number of nitrogens with zero attached hydrogens (tertiary/aromatic N) is 2. The summed E-state index contributed by atoms with van der Waals surface area (Å²) in [6, 6.07) is 11.0. The van der Waals surface area contributed by atoms with Crippen LogP contribution in [0.2, 0.25) is 0 Å². The lowest BCUT2D eigenvalue weighted by molar-refractivity contribution is -0.116. The average Bonchev–Trinajstić information content (AvgIpc) is 3.42. The summed E-state index contributed by atoms with van der Waals surface area (Å²) in [5, 5.41) is 4.71. The van der Waals surface area contributed by atoms with Crippen LogP contribution >= 0.6 is 11.3 Å². The molecule has 0 unspecified atom stereocenters. The molecule has 0 spiro atoms. The first-order valence-electron chi connectivity index (χ1n) is 9.35. The second-order valence-corrected chi connectivity index (χ2v) is 7.37. The summed E-state index contributed by atoms with van der Waals surface area (Å²) in [6.45, 7) is 3.24. The Morgan fingerprint density at radius 1 is 1.14 bits per heavy atom. The Labute approximate surface area is 172 Å². The Morgan fingerprint density at radius 2 is 1.90 bits per heavy atom. The van der Waals surface area contributed by atoms with E-state index in [-0.39, 0.29) is 18.4 Å². The van der Waals surface area contributed by atoms with Gasteiger partial charge in [0.25, 0.3) is 5.91 Å². The van der Waals surface area contributed by atoms with E-state index >= 15 is 0 Å². The summed E-state index contributed by atoms with van der Waals surface area (Å²) in [6.07, 6.45) is 3.79. The molecule has 0 bridgehead atoms. The number of hydrogen-bond acceptors (Lipinski definition) is 5. The molecular weight excluding hydrogens is 390 g/mol. The number of carbonyl (C=O) groups is 2. The second-order valence-electron chi connectivity index (χ2n) is 6.45. The Bertz CT molecular complexity index is 1010. The number of ether oxygens (including phenoxy) is 2. The van der Waals surface area contributed by atoms with Gasteiger partial charge in [-0.05, 0) is 42.6 Å². The third-order valence-corrected chi connectivity index (χ3v) is 5.44. The summed E-state index contributed by atoms with van der Waals surface area (Å²) in [5.74, 6) is 0.835. The van der Waals surface area contributed by atoms with Crippen molar-refractivity contribution in [3.63, 3.8) is 0 Å². The van der Waals surface area contributed by atoms with Crippen molar-refractivity contribution in [3.05, 3.63) is 59.0 Å². The monoisotopic (exact) mass is 411 g/mol. The summed E-state index contributed by atoms with van der Waals surface area (Å²) >= 11 is 1.37. The van der Waals surface area contributed by atoms with Gasteiger partial charge in [0.2, 0.25) is 5.91 Å². The van der Waals surface area contributed by atoms with Gasteiger partial charge in [-0.1, -0.05) is 0 Å². The van der Waals surface area contributed by atoms with Gasteiger partial charge in [0.15, 0.2) is 11.5 Å². The molecule has 3 heterocycles. The molecule has 0 aliphatic carbocycles. The van der Waals surface area contributed by atoms with Gasteiger partial charge in [0.05, 0.1) is 5.69 Å². The highest BCUT2D eigenvalue weighted by atomic mass is 32.1. The first-order chi connectivity index (χ1) is 14.2. The van der Waals surface area contributed by atoms with E-state index in [0.29, 0.717) is 41.8 Å². The van der Waals surface area contributed by atoms with Gasteiger partial charge in [-0.15, -0.1) is 11.3 Å². The lowest BCUT2D eigenvalue weighted by atomic mass is 10.2. The van der Waals surface area contributed by atoms with E-state index in [0.717, 1.165) is 5.69 Å². The molecule has 4 rings (SSSR count). The van der Waals surface area contributed by atoms with Crippen LogP contribution in [0.25, 0.3) is 5.69 Å². The third-order valence-electron chi connectivity index (χ3n) is 4.55. The Kier molecular flexibility index (Phi) is 5.53. The van der Waals surface area contributed by atoms with Crippen molar-refractivity contribution in [2.24, 2.45) is 0 Å². The third kappa shape index (κ3) is 4.12. The Hall–Kier alpha value is -3.26. The number of nitrogens with one attached hydrogen (secondary N) is 1. The highest BCUT2D eigenvalue weighted by Crippen LogP contribution is 2.32. The highest BCUT2D eigenvalue weighted by molar-refractivity contribution is 7.12. The molecule has 2 amide bonds. The van der Waals surface area contributed by atoms with Gasteiger partial charge in [-0.25, -0.2) is 0 Å². The van der Waals surface area contributed by atoms with E-state index in [2.05, 4.69) is 5.32 Å². The predicted octanol–water partition coefficient (Wildman–Crippen LogP) is 3.41. The number of amides is 2. The second kappa shape index (κ2) is 8.40. The van der Waals surface area contributed by atoms with Crippen molar-refractivity contribution in [1.29, 1.82) is 0 Å². The van der Waals surface area contributed by atoms with Crippen molar-refractivity contribution in [2.75, 3.05) is 31.6 Å². The molecule has 1 aliphatic rings. The maximum Gasteiger partial charge on any atom is 0.266 e. The fourth-order valence-corrected chi connectivity index (χ4v) is 3.98. The molecule has 0 atom stereocenters. The van der Waals surface area contributed by atoms with E-state index < -0.39 is 0 Å². The molecule has 150 valence electrons. The SMILES string of the molecule is CCN(CC(=O)Nc1ccc2c(c1)OCCO2)C(=O)c1sccc1-n1cccc1. The average molecular weight is 411 g/mol. The maximum absolute atomic E-state index is 13.0. The number of hydrogen-bond donors (Lipinski definition) is 1. The van der Waals surface area contributed by atoms with Crippen LogP contribution in [-0.4, -0.2) is 47.6 Å². The van der Waals surface area contributed by atoms with E-state index in [1.165, 1.54) is 16.2 Å². The van der Waals surface area contributed by atoms with Gasteiger partial charge in [0, 0.05) is 30.7 Å². The largest absolute Gasteiger partial charge is 0.486 e.